The zero-order valence-electron chi connectivity index (χ0n) is 4.66. The average molecular weight is 208 g/mol. The van der Waals surface area contributed by atoms with Gasteiger partial charge in [-0.2, -0.15) is 0 Å². The first kappa shape index (κ1) is 11.4. The third-order valence-corrected chi connectivity index (χ3v) is 0.397. The van der Waals surface area contributed by atoms with Crippen LogP contribution in [0.3, 0.4) is 0 Å². The van der Waals surface area contributed by atoms with Crippen LogP contribution in [0.4, 0.5) is 0 Å². The number of aliphatic carboxylic acids is 1. The smallest absolute Gasteiger partial charge is 0.325 e. The molecule has 0 aliphatic heterocycles. The molecular weight excluding hydrogens is 201 g/mol. The number of hydrogen-bond donors (Lipinski definition) is 3. The first-order chi connectivity index (χ1) is 3.63. The fraction of sp³-hybridized carbons (Fsp3) is 0.333. The zero-order chi connectivity index (χ0) is 6.57. The fourth-order valence-electron chi connectivity index (χ4n) is 0.159. The van der Waals surface area contributed by atoms with Crippen molar-refractivity contribution in [2.45, 2.75) is 0 Å². The number of carboxylic acids is 1. The number of hydrogen-bond acceptors (Lipinski definition) is 2. The molecule has 0 atom stereocenters. The topological polar surface area (TPSA) is 102 Å². The van der Waals surface area contributed by atoms with Crippen LogP contribution in [0.1, 0.15) is 0 Å². The van der Waals surface area contributed by atoms with Gasteiger partial charge in [0, 0.05) is 26.2 Å². The van der Waals surface area contributed by atoms with E-state index >= 15 is 0 Å². The van der Waals surface area contributed by atoms with E-state index in [4.69, 9.17) is 16.6 Å². The Balaban J connectivity index is 0. The maximum absolute atomic E-state index is 9.69. The first-order valence-electron chi connectivity index (χ1n) is 1.90. The Bertz CT molecular complexity index is 120. The second-order valence-corrected chi connectivity index (χ2v) is 1.13. The largest absolute Gasteiger partial charge is 0.480 e. The monoisotopic (exact) mass is 207 g/mol. The van der Waals surface area contributed by atoms with Crippen molar-refractivity contribution in [3.05, 3.63) is 0 Å². The van der Waals surface area contributed by atoms with Gasteiger partial charge < -0.3 is 16.6 Å². The SMILES string of the molecule is NC(N)=NCC(=O)O.[Zr]. The number of guanidine groups is 1. The van der Waals surface area contributed by atoms with Gasteiger partial charge in [-0.3, -0.25) is 4.79 Å². The maximum Gasteiger partial charge on any atom is 0.325 e. The van der Waals surface area contributed by atoms with Crippen LogP contribution in [-0.4, -0.2) is 23.6 Å². The maximum atomic E-state index is 9.69. The molecule has 0 bridgehead atoms. The van der Waals surface area contributed by atoms with E-state index in [0.29, 0.717) is 0 Å². The number of carboxylic acid groups (broad SMARTS) is 1. The van der Waals surface area contributed by atoms with Crippen LogP contribution >= 0.6 is 0 Å². The quantitative estimate of drug-likeness (QED) is 0.373. The summed E-state index contributed by atoms with van der Waals surface area (Å²) in [5, 5.41) is 7.94. The molecule has 0 amide bonds. The average Bonchev–Trinajstić information content (AvgIpc) is 1.61. The number of aliphatic imine (C=N–C) groups is 1. The van der Waals surface area contributed by atoms with Gasteiger partial charge in [0.1, 0.15) is 6.54 Å². The molecule has 0 saturated heterocycles. The van der Waals surface area contributed by atoms with Crippen molar-refractivity contribution in [3.8, 4) is 0 Å². The van der Waals surface area contributed by atoms with Crippen molar-refractivity contribution in [3.63, 3.8) is 0 Å². The molecule has 0 aromatic rings. The van der Waals surface area contributed by atoms with E-state index in [0.717, 1.165) is 0 Å². The zero-order valence-corrected chi connectivity index (χ0v) is 7.12. The van der Waals surface area contributed by atoms with Gasteiger partial charge in [0.05, 0.1) is 0 Å². The summed E-state index contributed by atoms with van der Waals surface area (Å²) in [5.74, 6) is -1.24. The summed E-state index contributed by atoms with van der Waals surface area (Å²) in [5.41, 5.74) is 9.61. The minimum Gasteiger partial charge on any atom is -0.480 e. The van der Waals surface area contributed by atoms with Gasteiger partial charge >= 0.3 is 5.97 Å². The second kappa shape index (κ2) is 5.75. The van der Waals surface area contributed by atoms with E-state index in [1.807, 2.05) is 0 Å². The summed E-state index contributed by atoms with van der Waals surface area (Å²) in [7, 11) is 0. The minimum atomic E-state index is -1.04. The molecule has 9 heavy (non-hydrogen) atoms. The number of carbonyl (C=O) groups is 1. The summed E-state index contributed by atoms with van der Waals surface area (Å²) in [6.45, 7) is -0.359. The molecule has 0 fully saturated rings. The van der Waals surface area contributed by atoms with E-state index < -0.39 is 5.97 Å². The molecule has 0 heterocycles. The predicted octanol–water partition coefficient (Wildman–Crippen LogP) is -1.66. The minimum absolute atomic E-state index is 0. The molecular formula is C3H7N3O2Zr. The Hall–Kier alpha value is -0.377. The first-order valence-corrected chi connectivity index (χ1v) is 1.90. The van der Waals surface area contributed by atoms with Crippen molar-refractivity contribution < 1.29 is 36.1 Å². The third kappa shape index (κ3) is 11.3. The number of nitrogens with zero attached hydrogens (tertiary/aromatic N) is 1. The second-order valence-electron chi connectivity index (χ2n) is 1.13. The molecule has 50 valence electrons. The molecule has 5 N–H and O–H groups in total. The van der Waals surface area contributed by atoms with E-state index in [1.165, 1.54) is 0 Å². The predicted molar refractivity (Wildman–Crippen MR) is 28.3 cm³/mol. The van der Waals surface area contributed by atoms with E-state index in [1.54, 1.807) is 0 Å². The van der Waals surface area contributed by atoms with Crippen molar-refractivity contribution in [1.82, 2.24) is 0 Å². The van der Waals surface area contributed by atoms with Gasteiger partial charge in [-0.25, -0.2) is 4.99 Å². The van der Waals surface area contributed by atoms with Crippen LogP contribution in [-0.2, 0) is 31.0 Å². The Morgan fingerprint density at radius 2 is 2.00 bits per heavy atom. The molecule has 0 aliphatic carbocycles. The fourth-order valence-corrected chi connectivity index (χ4v) is 0.159. The van der Waals surface area contributed by atoms with Gasteiger partial charge in [0.15, 0.2) is 5.96 Å². The molecule has 0 spiro atoms. The summed E-state index contributed by atoms with van der Waals surface area (Å²) < 4.78 is 0. The van der Waals surface area contributed by atoms with Crippen molar-refractivity contribution in [2.75, 3.05) is 6.54 Å². The van der Waals surface area contributed by atoms with Crippen LogP contribution in [0.25, 0.3) is 0 Å². The van der Waals surface area contributed by atoms with Crippen LogP contribution in [0.15, 0.2) is 4.99 Å². The molecule has 0 rings (SSSR count). The van der Waals surface area contributed by atoms with Crippen molar-refractivity contribution in [1.29, 1.82) is 0 Å². The van der Waals surface area contributed by atoms with Crippen LogP contribution in [0.2, 0.25) is 0 Å². The van der Waals surface area contributed by atoms with Gasteiger partial charge in [0.25, 0.3) is 0 Å². The molecule has 0 aliphatic rings. The van der Waals surface area contributed by atoms with Crippen LogP contribution in [0, 0.1) is 0 Å². The van der Waals surface area contributed by atoms with Gasteiger partial charge in [-0.15, -0.1) is 0 Å². The number of rotatable bonds is 2. The van der Waals surface area contributed by atoms with E-state index in [-0.39, 0.29) is 38.7 Å². The van der Waals surface area contributed by atoms with Crippen LogP contribution < -0.4 is 11.5 Å². The Morgan fingerprint density at radius 3 is 2.11 bits per heavy atom. The van der Waals surface area contributed by atoms with Crippen molar-refractivity contribution in [2.24, 2.45) is 16.5 Å². The summed E-state index contributed by atoms with van der Waals surface area (Å²) in [6.07, 6.45) is 0. The van der Waals surface area contributed by atoms with Gasteiger partial charge in [-0.1, -0.05) is 0 Å². The Kier molecular flexibility index (Phi) is 7.30. The normalized spacial score (nSPS) is 7.11. The Morgan fingerprint density at radius 1 is 1.56 bits per heavy atom. The summed E-state index contributed by atoms with van der Waals surface area (Å²) in [4.78, 5) is 12.9. The third-order valence-electron chi connectivity index (χ3n) is 0.397. The molecule has 0 unspecified atom stereocenters. The van der Waals surface area contributed by atoms with E-state index in [9.17, 15) is 4.79 Å². The molecule has 5 nitrogen and oxygen atoms in total. The van der Waals surface area contributed by atoms with E-state index in [2.05, 4.69) is 4.99 Å². The molecule has 0 radical (unpaired) electrons. The molecule has 0 aromatic carbocycles. The summed E-state index contributed by atoms with van der Waals surface area (Å²) in [6, 6.07) is 0. The standard InChI is InChI=1S/C3H7N3O2.Zr/c4-3(5)6-1-2(7)8;/h1H2,(H,7,8)(H4,4,5,6);. The molecule has 0 aromatic heterocycles. The van der Waals surface area contributed by atoms with Gasteiger partial charge in [0.2, 0.25) is 0 Å². The Labute approximate surface area is 71.2 Å². The van der Waals surface area contributed by atoms with Crippen molar-refractivity contribution >= 4 is 11.9 Å². The molecule has 6 heteroatoms. The van der Waals surface area contributed by atoms with Gasteiger partial charge in [-0.05, 0) is 0 Å². The summed E-state index contributed by atoms with van der Waals surface area (Å²) >= 11 is 0. The number of nitrogens with two attached hydrogens (primary N) is 2. The van der Waals surface area contributed by atoms with Crippen LogP contribution in [0.5, 0.6) is 0 Å². The molecule has 0 saturated carbocycles.